The number of Topliss-reactive ketones (excluding diaryl/α,β-unsaturated/α-hetero) is 1. The molecule has 4 atom stereocenters. The van der Waals surface area contributed by atoms with Crippen LogP contribution in [0.25, 0.3) is 0 Å². The molecule has 2 saturated heterocycles. The fraction of sp³-hybridized carbons (Fsp3) is 0.636. The maximum Gasteiger partial charge on any atom is 0.276 e. The minimum atomic E-state index is -1.02. The van der Waals surface area contributed by atoms with Crippen LogP contribution in [0.5, 0.6) is 0 Å². The monoisotopic (exact) mass is 640 g/mol. The Labute approximate surface area is 270 Å². The van der Waals surface area contributed by atoms with Crippen LogP contribution in [0, 0.1) is 11.8 Å². The molecule has 0 radical (unpaired) electrons. The molecule has 4 heterocycles. The summed E-state index contributed by atoms with van der Waals surface area (Å²) in [5.74, 6) is -0.894. The molecule has 13 nitrogen and oxygen atoms in total. The number of nitrogens with one attached hydrogen (secondary N) is 2. The number of nitrogens with zero attached hydrogens (tertiary/aromatic N) is 4. The third-order valence-corrected chi connectivity index (χ3v) is 8.31. The number of pyridine rings is 1. The maximum atomic E-state index is 13.9. The first-order valence-electron chi connectivity index (χ1n) is 16.1. The summed E-state index contributed by atoms with van der Waals surface area (Å²) in [5.41, 5.74) is -0.0326. The molecule has 4 rings (SSSR count). The lowest BCUT2D eigenvalue weighted by Gasteiger charge is -2.30. The van der Waals surface area contributed by atoms with Gasteiger partial charge < -0.3 is 29.5 Å². The van der Waals surface area contributed by atoms with Gasteiger partial charge >= 0.3 is 0 Å². The van der Waals surface area contributed by atoms with E-state index in [0.29, 0.717) is 45.0 Å². The number of epoxide rings is 1. The van der Waals surface area contributed by atoms with Gasteiger partial charge in [0.25, 0.3) is 5.91 Å². The second-order valence-corrected chi connectivity index (χ2v) is 13.3. The highest BCUT2D eigenvalue weighted by Crippen LogP contribution is 2.29. The van der Waals surface area contributed by atoms with Gasteiger partial charge in [-0.05, 0) is 49.3 Å². The zero-order valence-corrected chi connectivity index (χ0v) is 27.8. The molecule has 0 spiro atoms. The van der Waals surface area contributed by atoms with Gasteiger partial charge in [-0.3, -0.25) is 29.1 Å². The minimum absolute atomic E-state index is 0.0555. The molecule has 2 aliphatic heterocycles. The zero-order valence-electron chi connectivity index (χ0n) is 27.8. The summed E-state index contributed by atoms with van der Waals surface area (Å²) in [6.45, 7) is 13.2. The van der Waals surface area contributed by atoms with Crippen molar-refractivity contribution in [1.29, 1.82) is 0 Å². The van der Waals surface area contributed by atoms with E-state index < -0.39 is 41.4 Å². The van der Waals surface area contributed by atoms with Crippen molar-refractivity contribution in [2.75, 3.05) is 40.0 Å². The summed E-state index contributed by atoms with van der Waals surface area (Å²) in [6, 6.07) is 2.45. The van der Waals surface area contributed by atoms with E-state index in [9.17, 15) is 19.2 Å². The number of hydrogen-bond donors (Lipinski definition) is 2. The molecule has 2 aliphatic rings. The van der Waals surface area contributed by atoms with Gasteiger partial charge in [0.1, 0.15) is 17.7 Å². The number of carbonyl (C=O) groups is 4. The largest absolute Gasteiger partial charge is 0.379 e. The number of ketones is 1. The van der Waals surface area contributed by atoms with E-state index >= 15 is 0 Å². The number of carbonyl (C=O) groups excluding carboxylic acids is 4. The first-order chi connectivity index (χ1) is 21.9. The molecule has 0 aromatic carbocycles. The van der Waals surface area contributed by atoms with Crippen molar-refractivity contribution < 1.29 is 33.2 Å². The van der Waals surface area contributed by atoms with Crippen LogP contribution < -0.4 is 10.6 Å². The Morgan fingerprint density at radius 3 is 2.22 bits per heavy atom. The van der Waals surface area contributed by atoms with E-state index in [1.54, 1.807) is 44.6 Å². The smallest absolute Gasteiger partial charge is 0.276 e. The van der Waals surface area contributed by atoms with Gasteiger partial charge in [0, 0.05) is 45.0 Å². The van der Waals surface area contributed by atoms with Crippen molar-refractivity contribution in [1.82, 2.24) is 30.6 Å². The summed E-state index contributed by atoms with van der Waals surface area (Å²) in [6.07, 6.45) is 4.17. The number of ether oxygens (including phenoxy) is 2. The fourth-order valence-electron chi connectivity index (χ4n) is 5.50. The molecule has 0 aliphatic carbocycles. The number of amides is 3. The van der Waals surface area contributed by atoms with Gasteiger partial charge in [-0.25, -0.2) is 0 Å². The molecule has 252 valence electrons. The third kappa shape index (κ3) is 9.66. The van der Waals surface area contributed by atoms with Crippen molar-refractivity contribution in [2.24, 2.45) is 11.8 Å². The standard InChI is InChI=1S/C33H48N6O7/c1-21(2)15-25(29(40)33(5)20-45-33)35-30(41)26(17-23-7-9-34-10-8-23)36-31(42)28(16-22(3)4)38(6)32(43)27-18-24(46-37-27)19-39-11-13-44-14-12-39/h7-10,18,21-22,25-26,28H,11-17,19-20H2,1-6H3,(H,35,41)(H,36,42)/t25?,26-,28-,33+/m0/s1. The van der Waals surface area contributed by atoms with E-state index in [4.69, 9.17) is 14.0 Å². The first kappa shape index (κ1) is 35.2. The Kier molecular flexibility index (Phi) is 12.0. The van der Waals surface area contributed by atoms with Gasteiger partial charge in [-0.15, -0.1) is 0 Å². The molecule has 0 bridgehead atoms. The van der Waals surface area contributed by atoms with Gasteiger partial charge in [0.05, 0.1) is 32.4 Å². The van der Waals surface area contributed by atoms with E-state index in [2.05, 4.69) is 25.7 Å². The van der Waals surface area contributed by atoms with Gasteiger partial charge in [0.2, 0.25) is 11.8 Å². The first-order valence-corrected chi connectivity index (χ1v) is 16.1. The molecule has 2 fully saturated rings. The number of morpholine rings is 1. The molecule has 13 heteroatoms. The molecular formula is C33H48N6O7. The van der Waals surface area contributed by atoms with Crippen LogP contribution in [0.4, 0.5) is 0 Å². The highest BCUT2D eigenvalue weighted by Gasteiger charge is 2.50. The lowest BCUT2D eigenvalue weighted by molar-refractivity contribution is -0.134. The lowest BCUT2D eigenvalue weighted by atomic mass is 9.93. The number of hydrogen-bond acceptors (Lipinski definition) is 10. The molecule has 2 aromatic heterocycles. The van der Waals surface area contributed by atoms with E-state index in [-0.39, 0.29) is 29.7 Å². The Morgan fingerprint density at radius 2 is 1.61 bits per heavy atom. The average molecular weight is 641 g/mol. The van der Waals surface area contributed by atoms with Crippen LogP contribution in [-0.2, 0) is 36.8 Å². The zero-order chi connectivity index (χ0) is 33.4. The summed E-state index contributed by atoms with van der Waals surface area (Å²) < 4.78 is 16.2. The quantitative estimate of drug-likeness (QED) is 0.260. The Hall–Kier alpha value is -3.68. The van der Waals surface area contributed by atoms with Crippen LogP contribution in [-0.4, -0.2) is 107 Å². The predicted molar refractivity (Wildman–Crippen MR) is 169 cm³/mol. The summed E-state index contributed by atoms with van der Waals surface area (Å²) in [5, 5.41) is 9.80. The Bertz CT molecular complexity index is 1340. The van der Waals surface area contributed by atoms with Gasteiger partial charge in [0.15, 0.2) is 17.2 Å². The van der Waals surface area contributed by atoms with Crippen molar-refractivity contribution in [3.05, 3.63) is 47.6 Å². The van der Waals surface area contributed by atoms with Crippen molar-refractivity contribution in [2.45, 2.75) is 84.2 Å². The molecule has 2 N–H and O–H groups in total. The van der Waals surface area contributed by atoms with Gasteiger partial charge in [-0.2, -0.15) is 0 Å². The number of aromatic nitrogens is 2. The minimum Gasteiger partial charge on any atom is -0.379 e. The second kappa shape index (κ2) is 15.7. The predicted octanol–water partition coefficient (Wildman–Crippen LogP) is 2.00. The number of likely N-dealkylation sites (N-methyl/N-ethyl adjacent to an activating group) is 1. The summed E-state index contributed by atoms with van der Waals surface area (Å²) in [7, 11) is 1.55. The molecule has 1 unspecified atom stereocenters. The van der Waals surface area contributed by atoms with Crippen LogP contribution >= 0.6 is 0 Å². The summed E-state index contributed by atoms with van der Waals surface area (Å²) in [4.78, 5) is 62.1. The van der Waals surface area contributed by atoms with E-state index in [0.717, 1.165) is 18.7 Å². The van der Waals surface area contributed by atoms with Crippen LogP contribution in [0.1, 0.15) is 69.3 Å². The third-order valence-electron chi connectivity index (χ3n) is 8.31. The normalized spacial score (nSPS) is 20.2. The molecule has 3 amide bonds. The fourth-order valence-corrected chi connectivity index (χ4v) is 5.50. The lowest BCUT2D eigenvalue weighted by Crippen LogP contribution is -2.57. The second-order valence-electron chi connectivity index (χ2n) is 13.3. The molecule has 0 saturated carbocycles. The Balaban J connectivity index is 1.51. The Morgan fingerprint density at radius 1 is 0.978 bits per heavy atom. The van der Waals surface area contributed by atoms with Crippen molar-refractivity contribution in [3.63, 3.8) is 0 Å². The average Bonchev–Trinajstić information content (AvgIpc) is 3.61. The van der Waals surface area contributed by atoms with Crippen LogP contribution in [0.2, 0.25) is 0 Å². The van der Waals surface area contributed by atoms with Crippen molar-refractivity contribution in [3.8, 4) is 0 Å². The molecule has 46 heavy (non-hydrogen) atoms. The summed E-state index contributed by atoms with van der Waals surface area (Å²) >= 11 is 0. The topological polar surface area (TPSA) is 160 Å². The SMILES string of the molecule is CC(C)CC(NC(=O)[C@H](Cc1ccncc1)NC(=O)[C@H](CC(C)C)N(C)C(=O)c1cc(CN2CCOCC2)on1)C(=O)[C@@]1(C)CO1. The van der Waals surface area contributed by atoms with Crippen LogP contribution in [0.15, 0.2) is 35.1 Å². The highest BCUT2D eigenvalue weighted by molar-refractivity contribution is 5.99. The molecule has 2 aromatic rings. The van der Waals surface area contributed by atoms with E-state index in [1.165, 1.54) is 4.90 Å². The van der Waals surface area contributed by atoms with E-state index in [1.807, 2.05) is 27.7 Å². The number of rotatable bonds is 16. The molecular weight excluding hydrogens is 592 g/mol. The maximum absolute atomic E-state index is 13.9. The van der Waals surface area contributed by atoms with Crippen molar-refractivity contribution >= 4 is 23.5 Å². The highest BCUT2D eigenvalue weighted by atomic mass is 16.6. The van der Waals surface area contributed by atoms with Gasteiger partial charge in [-0.1, -0.05) is 32.9 Å². The van der Waals surface area contributed by atoms with Crippen LogP contribution in [0.3, 0.4) is 0 Å².